The summed E-state index contributed by atoms with van der Waals surface area (Å²) in [7, 11) is 9.76. The van der Waals surface area contributed by atoms with Gasteiger partial charge in [0.1, 0.15) is 34.5 Å². The molecule has 0 fully saturated rings. The van der Waals surface area contributed by atoms with Crippen molar-refractivity contribution >= 4 is 57.4 Å². The molecule has 0 N–H and O–H groups in total. The maximum Gasteiger partial charge on any atom is 0.133 e. The van der Waals surface area contributed by atoms with Crippen LogP contribution in [0.4, 0.5) is 0 Å². The quantitative estimate of drug-likeness (QED) is 0.0958. The van der Waals surface area contributed by atoms with Crippen LogP contribution in [-0.2, 0) is 0 Å². The summed E-state index contributed by atoms with van der Waals surface area (Å²) < 4.78 is 35.4. The summed E-state index contributed by atoms with van der Waals surface area (Å²) in [5.41, 5.74) is 5.18. The Hall–Kier alpha value is -4.20. The van der Waals surface area contributed by atoms with E-state index in [2.05, 4.69) is 98.8 Å². The second-order valence-corrected chi connectivity index (χ2v) is 17.1. The van der Waals surface area contributed by atoms with Gasteiger partial charge in [-0.25, -0.2) is 0 Å². The van der Waals surface area contributed by atoms with Gasteiger partial charge in [-0.05, 0) is 91.9 Å². The highest BCUT2D eigenvalue weighted by Crippen LogP contribution is 2.54. The molecular weight excluding hydrogens is 782 g/mol. The van der Waals surface area contributed by atoms with Gasteiger partial charge in [0.15, 0.2) is 0 Å². The lowest BCUT2D eigenvalue weighted by molar-refractivity contribution is 0.400. The van der Waals surface area contributed by atoms with Gasteiger partial charge in [0, 0.05) is 27.6 Å². The van der Waals surface area contributed by atoms with Crippen LogP contribution in [0.15, 0.2) is 97.1 Å². The fraction of sp³-hybridized carbons (Fsp3) is 0.273. The third-order valence-corrected chi connectivity index (χ3v) is 13.4. The van der Waals surface area contributed by atoms with Crippen molar-refractivity contribution in [2.45, 2.75) is 39.0 Å². The molecule has 6 aromatic carbocycles. The maximum absolute atomic E-state index is 5.90. The summed E-state index contributed by atoms with van der Waals surface area (Å²) >= 11 is 2.30. The summed E-state index contributed by atoms with van der Waals surface area (Å²) in [4.78, 5) is 0. The van der Waals surface area contributed by atoms with E-state index < -0.39 is 7.92 Å². The Kier molecular flexibility index (Phi) is 13.2. The van der Waals surface area contributed by atoms with Gasteiger partial charge < -0.3 is 28.4 Å². The summed E-state index contributed by atoms with van der Waals surface area (Å²) in [5, 5.41) is 5.86. The molecule has 0 radical (unpaired) electrons. The molecule has 0 aliphatic heterocycles. The summed E-state index contributed by atoms with van der Waals surface area (Å²) in [6.45, 7) is 9.20. The van der Waals surface area contributed by atoms with Gasteiger partial charge in [-0.15, -0.1) is 0 Å². The summed E-state index contributed by atoms with van der Waals surface area (Å²) in [6.07, 6.45) is 0. The molecule has 0 bridgehead atoms. The molecule has 0 unspecified atom stereocenters. The van der Waals surface area contributed by atoms with Gasteiger partial charge >= 0.3 is 0 Å². The first-order valence-electron chi connectivity index (χ1n) is 17.2. The Balaban J connectivity index is 0.000000206. The van der Waals surface area contributed by atoms with E-state index in [1.807, 2.05) is 48.5 Å². The van der Waals surface area contributed by atoms with Crippen LogP contribution in [0.5, 0.6) is 34.5 Å². The molecule has 0 aliphatic rings. The number of rotatable bonds is 11. The van der Waals surface area contributed by atoms with Crippen molar-refractivity contribution in [3.05, 3.63) is 101 Å². The number of methoxy groups -OCH3 is 6. The number of hydrogen-bond donors (Lipinski definition) is 0. The van der Waals surface area contributed by atoms with Crippen molar-refractivity contribution in [2.75, 3.05) is 42.7 Å². The molecular formula is C44H48IO6P. The van der Waals surface area contributed by atoms with Crippen LogP contribution >= 0.6 is 30.5 Å². The van der Waals surface area contributed by atoms with Crippen molar-refractivity contribution in [1.29, 1.82) is 0 Å². The highest BCUT2D eigenvalue weighted by molar-refractivity contribution is 14.1. The zero-order chi connectivity index (χ0) is 37.5. The van der Waals surface area contributed by atoms with Crippen LogP contribution in [0.25, 0.3) is 43.8 Å². The van der Waals surface area contributed by atoms with E-state index >= 15 is 0 Å². The number of halogens is 1. The van der Waals surface area contributed by atoms with Gasteiger partial charge in [0.2, 0.25) is 0 Å². The predicted molar refractivity (Wildman–Crippen MR) is 228 cm³/mol. The van der Waals surface area contributed by atoms with Crippen molar-refractivity contribution in [3.63, 3.8) is 0 Å². The molecule has 0 spiro atoms. The van der Waals surface area contributed by atoms with Crippen LogP contribution in [-0.4, -0.2) is 54.0 Å². The topological polar surface area (TPSA) is 55.4 Å². The standard InChI is InChI=1S/C25H31O3P.C19H17IO3/c1-16(2)29(17(3)4)25-22(28-7)15-14-21(27-6)24(25)23-19-11-9-8-10-18(19)12-13-20(23)26-5;1-21-14-9-8-12-6-4-5-7-13(12)17(14)18-15(22-2)10-11-16(23-3)19(18)20/h8-17H,1-7H3;4-11H,1-3H3. The van der Waals surface area contributed by atoms with E-state index in [-0.39, 0.29) is 0 Å². The zero-order valence-corrected chi connectivity index (χ0v) is 34.7. The zero-order valence-electron chi connectivity index (χ0n) is 31.7. The predicted octanol–water partition coefficient (Wildman–Crippen LogP) is 11.6. The SMILES string of the molecule is COc1ccc(OC)c(-c2c(OC)ccc3ccccc23)c1I.COc1ccc(OC)c(P(C(C)C)C(C)C)c1-c1c(OC)ccc2ccccc12. The van der Waals surface area contributed by atoms with E-state index in [0.717, 1.165) is 76.5 Å². The van der Waals surface area contributed by atoms with Crippen LogP contribution in [0.3, 0.4) is 0 Å². The normalized spacial score (nSPS) is 11.1. The van der Waals surface area contributed by atoms with Gasteiger partial charge in [-0.3, -0.25) is 0 Å². The first-order chi connectivity index (χ1) is 25.1. The molecule has 6 rings (SSSR count). The molecule has 0 amide bonds. The van der Waals surface area contributed by atoms with Gasteiger partial charge in [-0.2, -0.15) is 0 Å². The minimum atomic E-state index is -0.500. The third-order valence-electron chi connectivity index (χ3n) is 9.14. The first-order valence-corrected chi connectivity index (χ1v) is 19.8. The smallest absolute Gasteiger partial charge is 0.133 e. The minimum absolute atomic E-state index is 0.500. The van der Waals surface area contributed by atoms with Crippen molar-refractivity contribution in [3.8, 4) is 56.8 Å². The minimum Gasteiger partial charge on any atom is -0.496 e. The van der Waals surface area contributed by atoms with Crippen molar-refractivity contribution < 1.29 is 28.4 Å². The van der Waals surface area contributed by atoms with Crippen molar-refractivity contribution in [2.24, 2.45) is 0 Å². The average Bonchev–Trinajstić information content (AvgIpc) is 3.16. The Labute approximate surface area is 323 Å². The lowest BCUT2D eigenvalue weighted by Gasteiger charge is -2.31. The largest absolute Gasteiger partial charge is 0.496 e. The highest BCUT2D eigenvalue weighted by atomic mass is 127. The second-order valence-electron chi connectivity index (χ2n) is 12.7. The Bertz CT molecular complexity index is 2150. The Morgan fingerprint density at radius 3 is 1.19 bits per heavy atom. The molecule has 0 saturated heterocycles. The summed E-state index contributed by atoms with van der Waals surface area (Å²) in [6, 6.07) is 32.8. The molecule has 52 heavy (non-hydrogen) atoms. The van der Waals surface area contributed by atoms with Crippen LogP contribution < -0.4 is 33.7 Å². The molecule has 0 saturated carbocycles. The van der Waals surface area contributed by atoms with E-state index in [1.54, 1.807) is 42.7 Å². The molecule has 0 heterocycles. The van der Waals surface area contributed by atoms with E-state index in [9.17, 15) is 0 Å². The number of ether oxygens (including phenoxy) is 6. The van der Waals surface area contributed by atoms with Crippen molar-refractivity contribution in [1.82, 2.24) is 0 Å². The maximum atomic E-state index is 5.90. The first kappa shape index (κ1) is 39.0. The van der Waals surface area contributed by atoms with Gasteiger partial charge in [0.05, 0.1) is 46.2 Å². The average molecular weight is 831 g/mol. The van der Waals surface area contributed by atoms with Crippen LogP contribution in [0.1, 0.15) is 27.7 Å². The lowest BCUT2D eigenvalue weighted by atomic mass is 9.96. The third kappa shape index (κ3) is 7.62. The van der Waals surface area contributed by atoms with E-state index in [0.29, 0.717) is 11.3 Å². The second kappa shape index (κ2) is 17.5. The van der Waals surface area contributed by atoms with E-state index in [1.165, 1.54) is 10.7 Å². The van der Waals surface area contributed by atoms with Gasteiger partial charge in [-0.1, -0.05) is 96.3 Å². The fourth-order valence-electron chi connectivity index (χ4n) is 6.96. The monoisotopic (exact) mass is 830 g/mol. The van der Waals surface area contributed by atoms with E-state index in [4.69, 9.17) is 28.4 Å². The molecule has 0 aromatic heterocycles. The van der Waals surface area contributed by atoms with Gasteiger partial charge in [0.25, 0.3) is 0 Å². The molecule has 6 aromatic rings. The van der Waals surface area contributed by atoms with Crippen LogP contribution in [0.2, 0.25) is 0 Å². The number of hydrogen-bond acceptors (Lipinski definition) is 6. The lowest BCUT2D eigenvalue weighted by Crippen LogP contribution is -2.20. The Morgan fingerprint density at radius 1 is 0.404 bits per heavy atom. The fourth-order valence-corrected chi connectivity index (χ4v) is 11.0. The molecule has 272 valence electrons. The van der Waals surface area contributed by atoms with Crippen LogP contribution in [0, 0.1) is 3.57 Å². The molecule has 8 heteroatoms. The summed E-state index contributed by atoms with van der Waals surface area (Å²) in [5.74, 6) is 5.04. The Morgan fingerprint density at radius 2 is 0.750 bits per heavy atom. The number of benzene rings is 6. The number of fused-ring (bicyclic) bond motifs is 2. The molecule has 0 atom stereocenters. The molecule has 6 nitrogen and oxygen atoms in total. The molecule has 0 aliphatic carbocycles. The highest BCUT2D eigenvalue weighted by Gasteiger charge is 2.30.